The second kappa shape index (κ2) is 26.7. The lowest BCUT2D eigenvalue weighted by Crippen LogP contribution is -2.15. The number of nitrogens with zero attached hydrogens (tertiary/aromatic N) is 1. The van der Waals surface area contributed by atoms with Crippen LogP contribution in [0.25, 0.3) is 0 Å². The Balaban J connectivity index is 4.56. The van der Waals surface area contributed by atoms with E-state index in [1.165, 1.54) is 42.4 Å². The van der Waals surface area contributed by atoms with E-state index in [-0.39, 0.29) is 0 Å². The average molecular weight is 539 g/mol. The van der Waals surface area contributed by atoms with Crippen molar-refractivity contribution in [1.29, 1.82) is 0 Å². The van der Waals surface area contributed by atoms with E-state index in [0.29, 0.717) is 19.0 Å². The molecule has 0 atom stereocenters. The van der Waals surface area contributed by atoms with Gasteiger partial charge in [-0.05, 0) is 105 Å². The zero-order chi connectivity index (χ0) is 27.6. The van der Waals surface area contributed by atoms with E-state index in [9.17, 15) is 0 Å². The number of rotatable bonds is 25. The number of hydrogen-bond donors (Lipinski definition) is 1. The van der Waals surface area contributed by atoms with Crippen molar-refractivity contribution in [1.82, 2.24) is 4.90 Å². The monoisotopic (exact) mass is 538 g/mol. The number of hydrogen-bond acceptors (Lipinski definition) is 4. The zero-order valence-corrected chi connectivity index (χ0v) is 25.7. The molecular weight excluding hydrogens is 480 g/mol. The first-order valence-corrected chi connectivity index (χ1v) is 15.2. The average Bonchev–Trinajstić information content (AvgIpc) is 2.87. The lowest BCUT2D eigenvalue weighted by Gasteiger charge is -2.10. The highest BCUT2D eigenvalue weighted by Crippen LogP contribution is 2.19. The first-order chi connectivity index (χ1) is 17.9. The summed E-state index contributed by atoms with van der Waals surface area (Å²) >= 11 is 6.28. The van der Waals surface area contributed by atoms with E-state index < -0.39 is 0 Å². The molecule has 0 aromatic heterocycles. The Labute approximate surface area is 235 Å². The van der Waals surface area contributed by atoms with E-state index in [0.717, 1.165) is 77.7 Å². The highest BCUT2D eigenvalue weighted by atomic mass is 35.5. The highest BCUT2D eigenvalue weighted by molar-refractivity contribution is 6.19. The summed E-state index contributed by atoms with van der Waals surface area (Å²) in [5, 5.41) is 0. The standard InChI is InChI=1S/C32H59ClN2O2/c1-6-7-8-9-17-31(18-10-15-29(2)27-36-24-13-22-34)19-12-21-32(26-33)20-11-16-30(3)28-37-25-14-23-35(4)5/h15-17,21H,6-14,18-20,22-28,34H2,1-5H3/b29-15-,30-16-,31-17+,32-21+. The minimum absolute atomic E-state index is 0.621. The van der Waals surface area contributed by atoms with Gasteiger partial charge in [0.2, 0.25) is 0 Å². The molecular formula is C32H59ClN2O2. The predicted molar refractivity (Wildman–Crippen MR) is 165 cm³/mol. The van der Waals surface area contributed by atoms with Crippen LogP contribution in [-0.4, -0.2) is 64.4 Å². The van der Waals surface area contributed by atoms with Crippen molar-refractivity contribution >= 4 is 11.6 Å². The summed E-state index contributed by atoms with van der Waals surface area (Å²) in [6.07, 6.45) is 23.1. The molecule has 4 nitrogen and oxygen atoms in total. The molecule has 37 heavy (non-hydrogen) atoms. The van der Waals surface area contributed by atoms with Crippen LogP contribution < -0.4 is 5.73 Å². The summed E-state index contributed by atoms with van der Waals surface area (Å²) in [4.78, 5) is 2.19. The van der Waals surface area contributed by atoms with Gasteiger partial charge in [0.1, 0.15) is 0 Å². The molecule has 0 bridgehead atoms. The van der Waals surface area contributed by atoms with Gasteiger partial charge in [0.25, 0.3) is 0 Å². The van der Waals surface area contributed by atoms with Crippen molar-refractivity contribution in [2.45, 2.75) is 97.8 Å². The third-order valence-corrected chi connectivity index (χ3v) is 6.62. The minimum Gasteiger partial charge on any atom is -0.377 e. The molecule has 0 radical (unpaired) electrons. The molecule has 0 saturated heterocycles. The molecule has 0 amide bonds. The number of ether oxygens (including phenoxy) is 2. The molecule has 0 aromatic carbocycles. The van der Waals surface area contributed by atoms with Crippen molar-refractivity contribution < 1.29 is 9.47 Å². The fraction of sp³-hybridized carbons (Fsp3) is 0.750. The van der Waals surface area contributed by atoms with Gasteiger partial charge in [-0.25, -0.2) is 0 Å². The van der Waals surface area contributed by atoms with Gasteiger partial charge in [0, 0.05) is 19.1 Å². The normalized spacial score (nSPS) is 13.7. The van der Waals surface area contributed by atoms with E-state index in [1.54, 1.807) is 5.57 Å². The lowest BCUT2D eigenvalue weighted by atomic mass is 10.00. The van der Waals surface area contributed by atoms with Crippen LogP contribution in [0.15, 0.2) is 46.6 Å². The maximum absolute atomic E-state index is 6.28. The molecule has 0 aromatic rings. The minimum atomic E-state index is 0.621. The Bertz CT molecular complexity index is 653. The Hall–Kier alpha value is -0.910. The predicted octanol–water partition coefficient (Wildman–Crippen LogP) is 8.23. The largest absolute Gasteiger partial charge is 0.377 e. The van der Waals surface area contributed by atoms with Gasteiger partial charge in [0.05, 0.1) is 13.2 Å². The second-order valence-corrected chi connectivity index (χ2v) is 10.7. The molecule has 0 rings (SSSR count). The molecule has 0 unspecified atom stereocenters. The smallest absolute Gasteiger partial charge is 0.0674 e. The quantitative estimate of drug-likeness (QED) is 0.0722. The first kappa shape index (κ1) is 36.1. The molecule has 0 aliphatic rings. The number of alkyl halides is 1. The fourth-order valence-corrected chi connectivity index (χ4v) is 4.22. The van der Waals surface area contributed by atoms with Gasteiger partial charge in [0.15, 0.2) is 0 Å². The maximum Gasteiger partial charge on any atom is 0.0674 e. The summed E-state index contributed by atoms with van der Waals surface area (Å²) in [6.45, 7) is 11.4. The van der Waals surface area contributed by atoms with E-state index in [2.05, 4.69) is 64.1 Å². The summed E-state index contributed by atoms with van der Waals surface area (Å²) < 4.78 is 11.5. The highest BCUT2D eigenvalue weighted by Gasteiger charge is 2.01. The van der Waals surface area contributed by atoms with Crippen LogP contribution >= 0.6 is 11.6 Å². The molecule has 0 fully saturated rings. The topological polar surface area (TPSA) is 47.7 Å². The number of halogens is 1. The summed E-state index contributed by atoms with van der Waals surface area (Å²) in [5.74, 6) is 0.621. The molecule has 0 spiro atoms. The van der Waals surface area contributed by atoms with Gasteiger partial charge in [-0.3, -0.25) is 0 Å². The Morgan fingerprint density at radius 2 is 1.27 bits per heavy atom. The van der Waals surface area contributed by atoms with Crippen LogP contribution in [0.4, 0.5) is 0 Å². The van der Waals surface area contributed by atoms with Crippen LogP contribution in [-0.2, 0) is 9.47 Å². The molecule has 0 saturated carbocycles. The van der Waals surface area contributed by atoms with Crippen molar-refractivity contribution in [2.24, 2.45) is 5.73 Å². The zero-order valence-electron chi connectivity index (χ0n) is 25.0. The third-order valence-electron chi connectivity index (χ3n) is 6.27. The summed E-state index contributed by atoms with van der Waals surface area (Å²) in [6, 6.07) is 0. The van der Waals surface area contributed by atoms with Gasteiger partial charge in [-0.15, -0.1) is 11.6 Å². The van der Waals surface area contributed by atoms with Crippen molar-refractivity contribution in [3.8, 4) is 0 Å². The number of unbranched alkanes of at least 4 members (excludes halogenated alkanes) is 3. The van der Waals surface area contributed by atoms with E-state index in [1.807, 2.05) is 0 Å². The molecule has 5 heteroatoms. The Kier molecular flexibility index (Phi) is 26.0. The lowest BCUT2D eigenvalue weighted by molar-refractivity contribution is 0.146. The fourth-order valence-electron chi connectivity index (χ4n) is 3.98. The van der Waals surface area contributed by atoms with Crippen LogP contribution in [0.1, 0.15) is 97.8 Å². The molecule has 216 valence electrons. The third kappa shape index (κ3) is 25.1. The second-order valence-electron chi connectivity index (χ2n) is 10.5. The van der Waals surface area contributed by atoms with Gasteiger partial charge in [-0.1, -0.05) is 66.4 Å². The summed E-state index contributed by atoms with van der Waals surface area (Å²) in [7, 11) is 4.19. The van der Waals surface area contributed by atoms with Crippen LogP contribution in [0.3, 0.4) is 0 Å². The SMILES string of the molecule is CCCCC/C=C(\CC/C=C(/C)COCCCN)CC/C=C(/CCl)CC/C=C(/C)COCCCN(C)C. The van der Waals surface area contributed by atoms with Gasteiger partial charge < -0.3 is 20.1 Å². The summed E-state index contributed by atoms with van der Waals surface area (Å²) in [5.41, 5.74) is 11.1. The molecule has 0 aliphatic heterocycles. The van der Waals surface area contributed by atoms with Crippen molar-refractivity contribution in [3.05, 3.63) is 46.6 Å². The van der Waals surface area contributed by atoms with Gasteiger partial charge in [-0.2, -0.15) is 0 Å². The maximum atomic E-state index is 6.28. The van der Waals surface area contributed by atoms with E-state index in [4.69, 9.17) is 26.8 Å². The van der Waals surface area contributed by atoms with Crippen LogP contribution in [0, 0.1) is 0 Å². The first-order valence-electron chi connectivity index (χ1n) is 14.7. The molecule has 2 N–H and O–H groups in total. The van der Waals surface area contributed by atoms with Gasteiger partial charge >= 0.3 is 0 Å². The Morgan fingerprint density at radius 3 is 1.81 bits per heavy atom. The van der Waals surface area contributed by atoms with Crippen molar-refractivity contribution in [2.75, 3.05) is 59.5 Å². The molecule has 0 heterocycles. The number of allylic oxidation sites excluding steroid dienone is 6. The van der Waals surface area contributed by atoms with Crippen LogP contribution in [0.2, 0.25) is 0 Å². The number of nitrogens with two attached hydrogens (primary N) is 1. The molecule has 0 aliphatic carbocycles. The Morgan fingerprint density at radius 1 is 0.730 bits per heavy atom. The van der Waals surface area contributed by atoms with Crippen LogP contribution in [0.5, 0.6) is 0 Å². The van der Waals surface area contributed by atoms with E-state index >= 15 is 0 Å². The van der Waals surface area contributed by atoms with Crippen molar-refractivity contribution in [3.63, 3.8) is 0 Å².